The van der Waals surface area contributed by atoms with E-state index in [1.807, 2.05) is 0 Å². The third kappa shape index (κ3) is 3.41. The van der Waals surface area contributed by atoms with Crippen molar-refractivity contribution < 1.29 is 13.2 Å². The zero-order valence-electron chi connectivity index (χ0n) is 17.3. The summed E-state index contributed by atoms with van der Waals surface area (Å²) in [4.78, 5) is 8.39. The Balaban J connectivity index is 1.20. The third-order valence-electron chi connectivity index (χ3n) is 8.84. The average Bonchev–Trinajstić information content (AvgIpc) is 3.28. The molecule has 0 radical (unpaired) electrons. The number of aromatic nitrogens is 2. The molecule has 3 atom stereocenters. The molecular weight excluding hydrogens is 389 g/mol. The summed E-state index contributed by atoms with van der Waals surface area (Å²) in [7, 11) is 0. The van der Waals surface area contributed by atoms with E-state index in [0.29, 0.717) is 12.0 Å². The summed E-state index contributed by atoms with van der Waals surface area (Å²) in [6.07, 6.45) is 8.79. The summed E-state index contributed by atoms with van der Waals surface area (Å²) in [5, 5.41) is 6.79. The van der Waals surface area contributed by atoms with Crippen molar-refractivity contribution in [3.8, 4) is 0 Å². The Hall–Kier alpha value is -1.37. The Morgan fingerprint density at radius 2 is 1.63 bits per heavy atom. The molecule has 6 fully saturated rings. The highest BCUT2D eigenvalue weighted by atomic mass is 19.4. The Kier molecular flexibility index (Phi) is 4.39. The molecule has 0 spiro atoms. The number of rotatable bonds is 5. The number of nitrogens with zero attached hydrogens (tertiary/aromatic N) is 2. The molecule has 0 aliphatic heterocycles. The number of alkyl halides is 3. The van der Waals surface area contributed by atoms with Gasteiger partial charge >= 0.3 is 6.18 Å². The zero-order valence-corrected chi connectivity index (χ0v) is 17.3. The summed E-state index contributed by atoms with van der Waals surface area (Å²) in [5.74, 6) is 3.70. The maximum atomic E-state index is 13.8. The van der Waals surface area contributed by atoms with Crippen molar-refractivity contribution in [2.75, 3.05) is 5.32 Å². The quantitative estimate of drug-likeness (QED) is 0.691. The Bertz CT molecular complexity index is 788. The summed E-state index contributed by atoms with van der Waals surface area (Å²) < 4.78 is 41.5. The SMILES string of the molecule is FC(F)(F)c1nc(NC23CC4CC(CC(C4)C2)C3)ncc1CN[C@@H]1C[C@@H]2CC[C@H]1C2. The van der Waals surface area contributed by atoms with Crippen LogP contribution in [-0.4, -0.2) is 21.5 Å². The van der Waals surface area contributed by atoms with Crippen molar-refractivity contribution in [2.24, 2.45) is 29.6 Å². The van der Waals surface area contributed by atoms with E-state index in [2.05, 4.69) is 20.6 Å². The second-order valence-electron chi connectivity index (χ2n) is 11.1. The minimum absolute atomic E-state index is 0.0968. The van der Waals surface area contributed by atoms with Gasteiger partial charge in [0.25, 0.3) is 0 Å². The van der Waals surface area contributed by atoms with Crippen LogP contribution in [0.4, 0.5) is 19.1 Å². The molecule has 2 N–H and O–H groups in total. The molecule has 30 heavy (non-hydrogen) atoms. The van der Waals surface area contributed by atoms with Crippen molar-refractivity contribution in [1.82, 2.24) is 15.3 Å². The van der Waals surface area contributed by atoms with Gasteiger partial charge in [-0.05, 0) is 87.4 Å². The molecule has 1 heterocycles. The van der Waals surface area contributed by atoms with E-state index < -0.39 is 11.9 Å². The standard InChI is InChI=1S/C23H31F3N4/c24-23(25,26)20-18(11-27-19-7-13-1-2-17(19)6-13)12-28-21(29-20)30-22-8-14-3-15(9-22)5-16(4-14)10-22/h12-17,19,27H,1-11H2,(H,28,29,30)/t13-,14?,15?,16?,17+,19-,22?/m1/s1. The predicted octanol–water partition coefficient (Wildman–Crippen LogP) is 5.15. The Morgan fingerprint density at radius 3 is 2.20 bits per heavy atom. The molecule has 0 amide bonds. The van der Waals surface area contributed by atoms with E-state index in [-0.39, 0.29) is 23.6 Å². The van der Waals surface area contributed by atoms with E-state index in [9.17, 15) is 13.2 Å². The topological polar surface area (TPSA) is 49.8 Å². The van der Waals surface area contributed by atoms with Gasteiger partial charge in [-0.2, -0.15) is 13.2 Å². The molecule has 4 nitrogen and oxygen atoms in total. The first-order valence-corrected chi connectivity index (χ1v) is 11.8. The second-order valence-corrected chi connectivity index (χ2v) is 11.1. The Morgan fingerprint density at radius 1 is 0.933 bits per heavy atom. The molecule has 7 rings (SSSR count). The lowest BCUT2D eigenvalue weighted by molar-refractivity contribution is -0.141. The molecule has 1 aromatic rings. The fourth-order valence-corrected chi connectivity index (χ4v) is 8.08. The van der Waals surface area contributed by atoms with Crippen LogP contribution in [0.2, 0.25) is 0 Å². The van der Waals surface area contributed by atoms with Gasteiger partial charge in [0, 0.05) is 29.9 Å². The predicted molar refractivity (Wildman–Crippen MR) is 108 cm³/mol. The fourth-order valence-electron chi connectivity index (χ4n) is 8.08. The van der Waals surface area contributed by atoms with Crippen molar-refractivity contribution in [3.63, 3.8) is 0 Å². The lowest BCUT2D eigenvalue weighted by atomic mass is 9.53. The van der Waals surface area contributed by atoms with E-state index in [0.717, 1.165) is 49.4 Å². The van der Waals surface area contributed by atoms with Crippen LogP contribution in [-0.2, 0) is 12.7 Å². The van der Waals surface area contributed by atoms with Gasteiger partial charge in [-0.3, -0.25) is 0 Å². The highest BCUT2D eigenvalue weighted by Crippen LogP contribution is 2.56. The number of hydrogen-bond donors (Lipinski definition) is 2. The van der Waals surface area contributed by atoms with E-state index in [1.54, 1.807) is 0 Å². The molecular formula is C23H31F3N4. The average molecular weight is 421 g/mol. The van der Waals surface area contributed by atoms with Crippen LogP contribution in [0.25, 0.3) is 0 Å². The van der Waals surface area contributed by atoms with E-state index in [4.69, 9.17) is 0 Å². The highest BCUT2D eigenvalue weighted by Gasteiger charge is 2.51. The monoisotopic (exact) mass is 420 g/mol. The first-order valence-electron chi connectivity index (χ1n) is 11.8. The lowest BCUT2D eigenvalue weighted by Gasteiger charge is -2.56. The van der Waals surface area contributed by atoms with Gasteiger partial charge in [-0.15, -0.1) is 0 Å². The molecule has 0 aromatic carbocycles. The summed E-state index contributed by atoms with van der Waals surface area (Å²) in [5.41, 5.74) is -0.706. The maximum Gasteiger partial charge on any atom is 0.433 e. The lowest BCUT2D eigenvalue weighted by Crippen LogP contribution is -2.55. The zero-order chi connectivity index (χ0) is 20.5. The number of fused-ring (bicyclic) bond motifs is 2. The highest BCUT2D eigenvalue weighted by molar-refractivity contribution is 5.36. The van der Waals surface area contributed by atoms with Crippen molar-refractivity contribution in [1.29, 1.82) is 0 Å². The van der Waals surface area contributed by atoms with Gasteiger partial charge in [0.2, 0.25) is 5.95 Å². The molecule has 7 heteroatoms. The molecule has 164 valence electrons. The summed E-state index contributed by atoms with van der Waals surface area (Å²) in [6, 6.07) is 0.342. The van der Waals surface area contributed by atoms with Crippen LogP contribution in [0.15, 0.2) is 6.20 Å². The van der Waals surface area contributed by atoms with Gasteiger partial charge in [0.1, 0.15) is 0 Å². The van der Waals surface area contributed by atoms with Crippen molar-refractivity contribution in [2.45, 2.75) is 88.5 Å². The summed E-state index contributed by atoms with van der Waals surface area (Å²) >= 11 is 0. The molecule has 6 aliphatic carbocycles. The molecule has 1 aromatic heterocycles. The number of nitrogens with one attached hydrogen (secondary N) is 2. The van der Waals surface area contributed by atoms with Gasteiger partial charge in [-0.25, -0.2) is 9.97 Å². The normalized spacial score (nSPS) is 41.6. The molecule has 6 aliphatic rings. The van der Waals surface area contributed by atoms with Gasteiger partial charge in [-0.1, -0.05) is 6.42 Å². The van der Waals surface area contributed by atoms with Crippen LogP contribution in [0.5, 0.6) is 0 Å². The summed E-state index contributed by atoms with van der Waals surface area (Å²) in [6.45, 7) is 0.195. The smallest absolute Gasteiger partial charge is 0.349 e. The van der Waals surface area contributed by atoms with Crippen LogP contribution in [0.1, 0.15) is 75.5 Å². The number of hydrogen-bond acceptors (Lipinski definition) is 4. The van der Waals surface area contributed by atoms with Gasteiger partial charge in [0.15, 0.2) is 5.69 Å². The molecule has 6 bridgehead atoms. The van der Waals surface area contributed by atoms with Crippen LogP contribution in [0.3, 0.4) is 0 Å². The number of halogens is 3. The Labute approximate surface area is 175 Å². The molecule has 0 unspecified atom stereocenters. The van der Waals surface area contributed by atoms with Gasteiger partial charge < -0.3 is 10.6 Å². The van der Waals surface area contributed by atoms with Crippen molar-refractivity contribution >= 4 is 5.95 Å². The third-order valence-corrected chi connectivity index (χ3v) is 8.84. The second kappa shape index (κ2) is 6.81. The number of anilines is 1. The largest absolute Gasteiger partial charge is 0.433 e. The van der Waals surface area contributed by atoms with E-state index in [1.165, 1.54) is 44.7 Å². The fraction of sp³-hybridized carbons (Fsp3) is 0.826. The maximum absolute atomic E-state index is 13.8. The molecule has 6 saturated carbocycles. The first kappa shape index (κ1) is 19.3. The molecule has 0 saturated heterocycles. The minimum Gasteiger partial charge on any atom is -0.349 e. The van der Waals surface area contributed by atoms with Crippen LogP contribution >= 0.6 is 0 Å². The van der Waals surface area contributed by atoms with Crippen LogP contribution in [0, 0.1) is 29.6 Å². The van der Waals surface area contributed by atoms with Crippen LogP contribution < -0.4 is 10.6 Å². The van der Waals surface area contributed by atoms with E-state index >= 15 is 0 Å². The van der Waals surface area contributed by atoms with Crippen molar-refractivity contribution in [3.05, 3.63) is 17.5 Å². The van der Waals surface area contributed by atoms with Gasteiger partial charge in [0.05, 0.1) is 0 Å². The minimum atomic E-state index is -4.47. The first-order chi connectivity index (χ1) is 14.4.